The first-order valence-corrected chi connectivity index (χ1v) is 7.90. The van der Waals surface area contributed by atoms with Gasteiger partial charge in [0.25, 0.3) is 5.91 Å². The van der Waals surface area contributed by atoms with E-state index >= 15 is 0 Å². The topological polar surface area (TPSA) is 59.0 Å². The summed E-state index contributed by atoms with van der Waals surface area (Å²) < 4.78 is 10.5. The number of hydrogen-bond acceptors (Lipinski definition) is 6. The monoisotopic (exact) mass is 339 g/mol. The number of ether oxygens (including phenoxy) is 2. The van der Waals surface area contributed by atoms with Crippen molar-refractivity contribution in [1.29, 1.82) is 0 Å². The van der Waals surface area contributed by atoms with Crippen LogP contribution in [-0.2, 0) is 9.53 Å². The highest BCUT2D eigenvalue weighted by molar-refractivity contribution is 8.26. The van der Waals surface area contributed by atoms with Crippen LogP contribution >= 0.6 is 24.0 Å². The van der Waals surface area contributed by atoms with Crippen molar-refractivity contribution < 1.29 is 19.4 Å². The van der Waals surface area contributed by atoms with E-state index in [0.29, 0.717) is 28.1 Å². The molecule has 1 aliphatic heterocycles. The Morgan fingerprint density at radius 3 is 2.82 bits per heavy atom. The first kappa shape index (κ1) is 16.8. The van der Waals surface area contributed by atoms with Gasteiger partial charge in [0.05, 0.1) is 12.0 Å². The fourth-order valence-corrected chi connectivity index (χ4v) is 3.32. The molecular weight excluding hydrogens is 322 g/mol. The van der Waals surface area contributed by atoms with E-state index < -0.39 is 0 Å². The highest BCUT2D eigenvalue weighted by Gasteiger charge is 2.31. The van der Waals surface area contributed by atoms with Gasteiger partial charge >= 0.3 is 0 Å². The van der Waals surface area contributed by atoms with Crippen LogP contribution in [0.5, 0.6) is 11.5 Å². The van der Waals surface area contributed by atoms with E-state index in [1.807, 2.05) is 0 Å². The number of phenols is 1. The van der Waals surface area contributed by atoms with Crippen LogP contribution in [0.15, 0.2) is 23.1 Å². The standard InChI is InChI=1S/C15H17NO4S2/c1-19-7-3-6-16-14(18)13(22-15(16)21)9-10-4-5-12(20-2)11(17)8-10/h4-5,8-9,17H,3,6-7H2,1-2H3/b13-9+. The molecule has 1 amide bonds. The molecule has 0 spiro atoms. The molecule has 0 aromatic heterocycles. The predicted molar refractivity (Wildman–Crippen MR) is 91.0 cm³/mol. The number of phenolic OH excluding ortho intramolecular Hbond substituents is 1. The minimum absolute atomic E-state index is 0.0341. The van der Waals surface area contributed by atoms with Gasteiger partial charge in [-0.3, -0.25) is 9.69 Å². The minimum Gasteiger partial charge on any atom is -0.504 e. The highest BCUT2D eigenvalue weighted by Crippen LogP contribution is 2.34. The minimum atomic E-state index is -0.110. The number of nitrogens with zero attached hydrogens (tertiary/aromatic N) is 1. The van der Waals surface area contributed by atoms with Gasteiger partial charge in [0, 0.05) is 20.3 Å². The molecule has 5 nitrogen and oxygen atoms in total. The molecule has 1 fully saturated rings. The van der Waals surface area contributed by atoms with Crippen molar-refractivity contribution in [3.8, 4) is 11.5 Å². The first-order valence-electron chi connectivity index (χ1n) is 6.68. The van der Waals surface area contributed by atoms with E-state index in [0.717, 1.165) is 12.0 Å². The van der Waals surface area contributed by atoms with E-state index in [-0.39, 0.29) is 11.7 Å². The molecule has 1 aromatic rings. The number of amides is 1. The lowest BCUT2D eigenvalue weighted by Gasteiger charge is -2.13. The number of benzene rings is 1. The zero-order valence-electron chi connectivity index (χ0n) is 12.4. The molecule has 118 valence electrons. The lowest BCUT2D eigenvalue weighted by Crippen LogP contribution is -2.29. The predicted octanol–water partition coefficient (Wildman–Crippen LogP) is 2.64. The average Bonchev–Trinajstić information content (AvgIpc) is 2.75. The molecule has 1 saturated heterocycles. The molecule has 22 heavy (non-hydrogen) atoms. The third kappa shape index (κ3) is 3.79. The second-order valence-corrected chi connectivity index (χ2v) is 6.29. The quantitative estimate of drug-likeness (QED) is 0.488. The van der Waals surface area contributed by atoms with E-state index in [9.17, 15) is 9.90 Å². The van der Waals surface area contributed by atoms with Crippen LogP contribution in [0.4, 0.5) is 0 Å². The van der Waals surface area contributed by atoms with Crippen LogP contribution in [-0.4, -0.2) is 47.6 Å². The third-order valence-electron chi connectivity index (χ3n) is 3.10. The fourth-order valence-electron chi connectivity index (χ4n) is 2.01. The molecule has 0 aliphatic carbocycles. The van der Waals surface area contributed by atoms with E-state index in [2.05, 4.69) is 0 Å². The number of hydrogen-bond donors (Lipinski definition) is 1. The largest absolute Gasteiger partial charge is 0.504 e. The van der Waals surface area contributed by atoms with Crippen LogP contribution in [0.3, 0.4) is 0 Å². The van der Waals surface area contributed by atoms with Crippen LogP contribution in [0.25, 0.3) is 6.08 Å². The molecule has 0 atom stereocenters. The number of carbonyl (C=O) groups excluding carboxylic acids is 1. The lowest BCUT2D eigenvalue weighted by atomic mass is 10.2. The summed E-state index contributed by atoms with van der Waals surface area (Å²) in [5.74, 6) is 0.317. The Hall–Kier alpha value is -1.57. The number of thioether (sulfide) groups is 1. The maximum Gasteiger partial charge on any atom is 0.266 e. The normalized spacial score (nSPS) is 16.6. The Morgan fingerprint density at radius 2 is 2.18 bits per heavy atom. The summed E-state index contributed by atoms with van der Waals surface area (Å²) in [5.41, 5.74) is 0.718. The van der Waals surface area contributed by atoms with Gasteiger partial charge in [-0.15, -0.1) is 0 Å². The third-order valence-corrected chi connectivity index (χ3v) is 4.48. The Labute approximate surface area is 138 Å². The molecule has 1 N–H and O–H groups in total. The van der Waals surface area contributed by atoms with Gasteiger partial charge in [-0.1, -0.05) is 30.0 Å². The summed E-state index contributed by atoms with van der Waals surface area (Å²) in [6.07, 6.45) is 2.45. The van der Waals surface area contributed by atoms with Gasteiger partial charge in [0.15, 0.2) is 11.5 Å². The summed E-state index contributed by atoms with van der Waals surface area (Å²) in [6, 6.07) is 4.98. The summed E-state index contributed by atoms with van der Waals surface area (Å²) >= 11 is 6.51. The maximum atomic E-state index is 12.3. The Kier molecular flexibility index (Phi) is 5.82. The summed E-state index contributed by atoms with van der Waals surface area (Å²) in [6.45, 7) is 1.13. The van der Waals surface area contributed by atoms with Gasteiger partial charge in [0.2, 0.25) is 0 Å². The molecule has 0 radical (unpaired) electrons. The zero-order chi connectivity index (χ0) is 16.1. The van der Waals surface area contributed by atoms with Gasteiger partial charge in [-0.2, -0.15) is 0 Å². The molecule has 1 aliphatic rings. The molecule has 0 bridgehead atoms. The number of rotatable bonds is 6. The Morgan fingerprint density at radius 1 is 1.41 bits per heavy atom. The molecule has 0 unspecified atom stereocenters. The molecule has 0 saturated carbocycles. The van der Waals surface area contributed by atoms with E-state index in [4.69, 9.17) is 21.7 Å². The summed E-state index contributed by atoms with van der Waals surface area (Å²) in [4.78, 5) is 14.5. The SMILES string of the molecule is COCCCN1C(=O)/C(=C\c2ccc(OC)c(O)c2)SC1=S. The van der Waals surface area contributed by atoms with Gasteiger partial charge < -0.3 is 14.6 Å². The van der Waals surface area contributed by atoms with Crippen molar-refractivity contribution in [3.05, 3.63) is 28.7 Å². The second-order valence-electron chi connectivity index (χ2n) is 4.61. The Balaban J connectivity index is 2.14. The first-order chi connectivity index (χ1) is 10.6. The van der Waals surface area contributed by atoms with Gasteiger partial charge in [0.1, 0.15) is 4.32 Å². The number of aromatic hydroxyl groups is 1. The van der Waals surface area contributed by atoms with E-state index in [1.54, 1.807) is 36.3 Å². The smallest absolute Gasteiger partial charge is 0.266 e. The van der Waals surface area contributed by atoms with Crippen molar-refractivity contribution in [3.63, 3.8) is 0 Å². The molecular formula is C15H17NO4S2. The Bertz CT molecular complexity index is 616. The molecule has 7 heteroatoms. The second kappa shape index (κ2) is 7.62. The zero-order valence-corrected chi connectivity index (χ0v) is 14.0. The van der Waals surface area contributed by atoms with Crippen molar-refractivity contribution >= 4 is 40.3 Å². The van der Waals surface area contributed by atoms with Crippen LogP contribution < -0.4 is 4.74 Å². The molecule has 1 heterocycles. The highest BCUT2D eigenvalue weighted by atomic mass is 32.2. The molecule has 2 rings (SSSR count). The van der Waals surface area contributed by atoms with Gasteiger partial charge in [-0.25, -0.2) is 0 Å². The van der Waals surface area contributed by atoms with E-state index in [1.165, 1.54) is 18.9 Å². The molecule has 1 aromatic carbocycles. The van der Waals surface area contributed by atoms with Crippen molar-refractivity contribution in [2.75, 3.05) is 27.4 Å². The number of carbonyl (C=O) groups is 1. The summed E-state index contributed by atoms with van der Waals surface area (Å²) in [7, 11) is 3.11. The van der Waals surface area contributed by atoms with Gasteiger partial charge in [-0.05, 0) is 30.2 Å². The fraction of sp³-hybridized carbons (Fsp3) is 0.333. The number of methoxy groups -OCH3 is 2. The van der Waals surface area contributed by atoms with Crippen LogP contribution in [0.1, 0.15) is 12.0 Å². The van der Waals surface area contributed by atoms with Crippen LogP contribution in [0, 0.1) is 0 Å². The summed E-state index contributed by atoms with van der Waals surface area (Å²) in [5, 5.41) is 9.78. The van der Waals surface area contributed by atoms with Crippen molar-refractivity contribution in [2.45, 2.75) is 6.42 Å². The lowest BCUT2D eigenvalue weighted by molar-refractivity contribution is -0.122. The van der Waals surface area contributed by atoms with Crippen molar-refractivity contribution in [1.82, 2.24) is 4.90 Å². The van der Waals surface area contributed by atoms with Crippen molar-refractivity contribution in [2.24, 2.45) is 0 Å². The average molecular weight is 339 g/mol. The van der Waals surface area contributed by atoms with Crippen LogP contribution in [0.2, 0.25) is 0 Å². The number of thiocarbonyl (C=S) groups is 1. The maximum absolute atomic E-state index is 12.3.